The Morgan fingerprint density at radius 1 is 1.06 bits per heavy atom. The topological polar surface area (TPSA) is 67.2 Å². The van der Waals surface area contributed by atoms with E-state index in [1.165, 1.54) is 12.8 Å². The second-order valence-electron chi connectivity index (χ2n) is 5.20. The van der Waals surface area contributed by atoms with E-state index < -0.39 is 6.03 Å². The summed E-state index contributed by atoms with van der Waals surface area (Å²) in [5.41, 5.74) is 4.99. The second kappa shape index (κ2) is 8.39. The first kappa shape index (κ1) is 15.2. The molecule has 0 saturated carbocycles. The molecule has 0 aromatic heterocycles. The zero-order valence-corrected chi connectivity index (χ0v) is 11.0. The molecule has 0 radical (unpaired) electrons. The van der Waals surface area contributed by atoms with E-state index in [1.807, 2.05) is 0 Å². The Balaban J connectivity index is 3.77. The van der Waals surface area contributed by atoms with Crippen LogP contribution in [-0.4, -0.2) is 25.2 Å². The highest BCUT2D eigenvalue weighted by molar-refractivity contribution is 5.71. The van der Waals surface area contributed by atoms with Crippen molar-refractivity contribution in [2.75, 3.05) is 13.1 Å². The molecule has 4 N–H and O–H groups in total. The molecule has 0 fully saturated rings. The Morgan fingerprint density at radius 3 is 1.94 bits per heavy atom. The summed E-state index contributed by atoms with van der Waals surface area (Å²) in [6, 6.07) is 0.0840. The predicted octanol–water partition coefficient (Wildman–Crippen LogP) is 1.71. The molecule has 0 saturated heterocycles. The number of hydrogen-bond acceptors (Lipinski definition) is 2. The SMILES string of the molecule is CC(C)CC(CC(C)C)NCCNC(N)=O. The fraction of sp³-hybridized carbons (Fsp3) is 0.917. The Bertz CT molecular complexity index is 183. The number of nitrogens with two attached hydrogens (primary N) is 1. The molecule has 2 amide bonds. The van der Waals surface area contributed by atoms with Crippen LogP contribution in [0.15, 0.2) is 0 Å². The molecule has 0 aliphatic heterocycles. The van der Waals surface area contributed by atoms with E-state index in [9.17, 15) is 4.79 Å². The van der Waals surface area contributed by atoms with Crippen molar-refractivity contribution in [2.24, 2.45) is 17.6 Å². The molecule has 0 aromatic carbocycles. The van der Waals surface area contributed by atoms with Crippen molar-refractivity contribution < 1.29 is 4.79 Å². The maximum atomic E-state index is 10.5. The molecule has 4 nitrogen and oxygen atoms in total. The molecule has 0 atom stereocenters. The van der Waals surface area contributed by atoms with Gasteiger partial charge in [-0.25, -0.2) is 4.79 Å². The van der Waals surface area contributed by atoms with Gasteiger partial charge in [-0.15, -0.1) is 0 Å². The molecule has 0 heterocycles. The lowest BCUT2D eigenvalue weighted by Gasteiger charge is -2.22. The molecule has 0 aromatic rings. The van der Waals surface area contributed by atoms with Crippen molar-refractivity contribution in [2.45, 2.75) is 46.6 Å². The van der Waals surface area contributed by atoms with Gasteiger partial charge in [0.05, 0.1) is 0 Å². The highest BCUT2D eigenvalue weighted by Crippen LogP contribution is 2.12. The Labute approximate surface area is 99.4 Å². The van der Waals surface area contributed by atoms with E-state index in [0.29, 0.717) is 24.4 Å². The third-order valence-corrected chi connectivity index (χ3v) is 2.37. The summed E-state index contributed by atoms with van der Waals surface area (Å²) in [4.78, 5) is 10.5. The van der Waals surface area contributed by atoms with Crippen LogP contribution in [0, 0.1) is 11.8 Å². The number of carbonyl (C=O) groups is 1. The molecule has 0 unspecified atom stereocenters. The summed E-state index contributed by atoms with van der Waals surface area (Å²) in [7, 11) is 0. The molecule has 96 valence electrons. The van der Waals surface area contributed by atoms with Gasteiger partial charge in [0.2, 0.25) is 0 Å². The Morgan fingerprint density at radius 2 is 1.56 bits per heavy atom. The van der Waals surface area contributed by atoms with E-state index in [1.54, 1.807) is 0 Å². The van der Waals surface area contributed by atoms with Gasteiger partial charge in [-0.1, -0.05) is 27.7 Å². The summed E-state index contributed by atoms with van der Waals surface area (Å²) in [6.07, 6.45) is 2.35. The van der Waals surface area contributed by atoms with Crippen LogP contribution in [0.3, 0.4) is 0 Å². The average Bonchev–Trinajstić information content (AvgIpc) is 2.09. The van der Waals surface area contributed by atoms with Crippen LogP contribution in [0.5, 0.6) is 0 Å². The van der Waals surface area contributed by atoms with Gasteiger partial charge in [0.15, 0.2) is 0 Å². The van der Waals surface area contributed by atoms with Gasteiger partial charge in [0, 0.05) is 19.1 Å². The van der Waals surface area contributed by atoms with Crippen LogP contribution >= 0.6 is 0 Å². The van der Waals surface area contributed by atoms with Crippen molar-refractivity contribution >= 4 is 6.03 Å². The minimum Gasteiger partial charge on any atom is -0.352 e. The summed E-state index contributed by atoms with van der Waals surface area (Å²) in [5.74, 6) is 1.39. The van der Waals surface area contributed by atoms with Crippen molar-refractivity contribution in [3.8, 4) is 0 Å². The normalized spacial score (nSPS) is 11.4. The highest BCUT2D eigenvalue weighted by Gasteiger charge is 2.11. The molecule has 0 bridgehead atoms. The lowest BCUT2D eigenvalue weighted by atomic mass is 9.96. The lowest BCUT2D eigenvalue weighted by Crippen LogP contribution is -2.39. The van der Waals surface area contributed by atoms with Gasteiger partial charge in [-0.3, -0.25) is 0 Å². The summed E-state index contributed by atoms with van der Waals surface area (Å²) in [5, 5.41) is 6.05. The minimum absolute atomic E-state index is 0.453. The summed E-state index contributed by atoms with van der Waals surface area (Å²) in [6.45, 7) is 10.3. The van der Waals surface area contributed by atoms with Crippen molar-refractivity contribution in [1.29, 1.82) is 0 Å². The average molecular weight is 229 g/mol. The smallest absolute Gasteiger partial charge is 0.312 e. The maximum absolute atomic E-state index is 10.5. The molecule has 0 spiro atoms. The van der Waals surface area contributed by atoms with E-state index in [0.717, 1.165) is 6.54 Å². The molecule has 0 rings (SSSR count). The number of hydrogen-bond donors (Lipinski definition) is 3. The number of primary amides is 1. The number of nitrogens with one attached hydrogen (secondary N) is 2. The first-order chi connectivity index (χ1) is 7.41. The van der Waals surface area contributed by atoms with Crippen molar-refractivity contribution in [3.63, 3.8) is 0 Å². The van der Waals surface area contributed by atoms with Crippen LogP contribution in [0.25, 0.3) is 0 Å². The van der Waals surface area contributed by atoms with Crippen LogP contribution in [0.2, 0.25) is 0 Å². The Kier molecular flexibility index (Phi) is 7.99. The van der Waals surface area contributed by atoms with Gasteiger partial charge in [-0.05, 0) is 24.7 Å². The van der Waals surface area contributed by atoms with Gasteiger partial charge < -0.3 is 16.4 Å². The van der Waals surface area contributed by atoms with Gasteiger partial charge in [0.1, 0.15) is 0 Å². The van der Waals surface area contributed by atoms with Gasteiger partial charge in [0.25, 0.3) is 0 Å². The van der Waals surface area contributed by atoms with Crippen LogP contribution in [0.4, 0.5) is 4.79 Å². The first-order valence-corrected chi connectivity index (χ1v) is 6.18. The lowest BCUT2D eigenvalue weighted by molar-refractivity contribution is 0.248. The number of rotatable bonds is 8. The van der Waals surface area contributed by atoms with E-state index in [4.69, 9.17) is 5.73 Å². The fourth-order valence-corrected chi connectivity index (χ4v) is 1.86. The summed E-state index contributed by atoms with van der Waals surface area (Å²) >= 11 is 0. The van der Waals surface area contributed by atoms with Crippen LogP contribution in [0.1, 0.15) is 40.5 Å². The third-order valence-electron chi connectivity index (χ3n) is 2.37. The zero-order valence-electron chi connectivity index (χ0n) is 11.0. The van der Waals surface area contributed by atoms with Crippen molar-refractivity contribution in [1.82, 2.24) is 10.6 Å². The van der Waals surface area contributed by atoms with E-state index in [-0.39, 0.29) is 0 Å². The standard InChI is InChI=1S/C12H27N3O/c1-9(2)7-11(8-10(3)4)14-5-6-15-12(13)16/h9-11,14H,5-8H2,1-4H3,(H3,13,15,16). The zero-order chi connectivity index (χ0) is 12.6. The molecular weight excluding hydrogens is 202 g/mol. The van der Waals surface area contributed by atoms with Crippen molar-refractivity contribution in [3.05, 3.63) is 0 Å². The van der Waals surface area contributed by atoms with Crippen LogP contribution < -0.4 is 16.4 Å². The van der Waals surface area contributed by atoms with Gasteiger partial charge in [-0.2, -0.15) is 0 Å². The highest BCUT2D eigenvalue weighted by atomic mass is 16.2. The minimum atomic E-state index is -0.453. The predicted molar refractivity (Wildman–Crippen MR) is 68.3 cm³/mol. The molecule has 0 aliphatic rings. The number of amides is 2. The van der Waals surface area contributed by atoms with E-state index >= 15 is 0 Å². The first-order valence-electron chi connectivity index (χ1n) is 6.18. The molecule has 0 aliphatic carbocycles. The monoisotopic (exact) mass is 229 g/mol. The molecular formula is C12H27N3O. The van der Waals surface area contributed by atoms with Gasteiger partial charge >= 0.3 is 6.03 Å². The fourth-order valence-electron chi connectivity index (χ4n) is 1.86. The third kappa shape index (κ3) is 9.77. The largest absolute Gasteiger partial charge is 0.352 e. The molecule has 16 heavy (non-hydrogen) atoms. The Hall–Kier alpha value is -0.770. The maximum Gasteiger partial charge on any atom is 0.312 e. The number of urea groups is 1. The molecule has 4 heteroatoms. The van der Waals surface area contributed by atoms with Crippen LogP contribution in [-0.2, 0) is 0 Å². The number of carbonyl (C=O) groups excluding carboxylic acids is 1. The quantitative estimate of drug-likeness (QED) is 0.555. The van der Waals surface area contributed by atoms with E-state index in [2.05, 4.69) is 38.3 Å². The summed E-state index contributed by atoms with van der Waals surface area (Å²) < 4.78 is 0. The second-order valence-corrected chi connectivity index (χ2v) is 5.20.